The van der Waals surface area contributed by atoms with Crippen molar-refractivity contribution in [3.63, 3.8) is 0 Å². The summed E-state index contributed by atoms with van der Waals surface area (Å²) in [6, 6.07) is -1.37. The van der Waals surface area contributed by atoms with Gasteiger partial charge < -0.3 is 14.5 Å². The van der Waals surface area contributed by atoms with Gasteiger partial charge in [0, 0.05) is 25.6 Å². The molecular weight excluding hydrogens is 462 g/mol. The van der Waals surface area contributed by atoms with E-state index in [0.717, 1.165) is 22.9 Å². The lowest BCUT2D eigenvalue weighted by molar-refractivity contribution is -0.0317. The number of urea groups is 1. The van der Waals surface area contributed by atoms with Gasteiger partial charge in [0.05, 0.1) is 12.1 Å². The van der Waals surface area contributed by atoms with Crippen LogP contribution in [0.15, 0.2) is 0 Å². The predicted molar refractivity (Wildman–Crippen MR) is 112 cm³/mol. The third-order valence-corrected chi connectivity index (χ3v) is 7.27. The molecule has 12 nitrogen and oxygen atoms in total. The number of aromatic nitrogens is 2. The smallest absolute Gasteiger partial charge is 0.418 e. The molecule has 3 saturated heterocycles. The van der Waals surface area contributed by atoms with E-state index in [4.69, 9.17) is 9.29 Å². The number of rotatable bonds is 4. The summed E-state index contributed by atoms with van der Waals surface area (Å²) >= 11 is 1.44. The second-order valence-corrected chi connectivity index (χ2v) is 11.3. The zero-order chi connectivity index (χ0) is 23.3. The van der Waals surface area contributed by atoms with Gasteiger partial charge in [-0.15, -0.1) is 14.5 Å². The summed E-state index contributed by atoms with van der Waals surface area (Å²) in [6.45, 7) is 6.97. The first-order chi connectivity index (χ1) is 14.9. The van der Waals surface area contributed by atoms with Gasteiger partial charge in [-0.25, -0.2) is 9.59 Å². The van der Waals surface area contributed by atoms with Crippen molar-refractivity contribution in [2.45, 2.75) is 70.1 Å². The van der Waals surface area contributed by atoms with Crippen molar-refractivity contribution in [3.8, 4) is 0 Å². The van der Waals surface area contributed by atoms with Crippen LogP contribution in [0.4, 0.5) is 9.59 Å². The van der Waals surface area contributed by atoms with Crippen LogP contribution in [0.5, 0.6) is 0 Å². The van der Waals surface area contributed by atoms with E-state index < -0.39 is 28.1 Å². The number of amides is 3. The van der Waals surface area contributed by atoms with Crippen molar-refractivity contribution in [2.75, 3.05) is 19.6 Å². The SMILES string of the molecule is CC(C)(C)OC(=O)N1CCC(c2nnc([C@H]3CC[C@@H]4CN3C(=O)N4OS(=O)(=O)O)s2)CC1. The topological polar surface area (TPSA) is 142 Å². The molecular formula is C18H27N5O7S2. The molecule has 2 atom stereocenters. The highest BCUT2D eigenvalue weighted by molar-refractivity contribution is 7.80. The fourth-order valence-corrected chi connectivity index (χ4v) is 5.82. The van der Waals surface area contributed by atoms with Gasteiger partial charge in [0.1, 0.15) is 15.6 Å². The Bertz CT molecular complexity index is 984. The van der Waals surface area contributed by atoms with Gasteiger partial charge in [0.15, 0.2) is 0 Å². The molecule has 4 heterocycles. The van der Waals surface area contributed by atoms with Crippen LogP contribution >= 0.6 is 11.3 Å². The lowest BCUT2D eigenvalue weighted by atomic mass is 9.98. The fraction of sp³-hybridized carbons (Fsp3) is 0.778. The van der Waals surface area contributed by atoms with E-state index in [2.05, 4.69) is 14.5 Å². The summed E-state index contributed by atoms with van der Waals surface area (Å²) < 4.78 is 40.9. The van der Waals surface area contributed by atoms with Crippen LogP contribution in [0.3, 0.4) is 0 Å². The molecule has 0 saturated carbocycles. The van der Waals surface area contributed by atoms with E-state index >= 15 is 0 Å². The maximum Gasteiger partial charge on any atom is 0.418 e. The molecule has 1 aromatic rings. The second kappa shape index (κ2) is 8.39. The molecule has 3 aliphatic heterocycles. The molecule has 0 aromatic carbocycles. The van der Waals surface area contributed by atoms with E-state index in [1.165, 1.54) is 16.2 Å². The molecule has 0 unspecified atom stereocenters. The second-order valence-electron chi connectivity index (χ2n) is 9.23. The van der Waals surface area contributed by atoms with Gasteiger partial charge in [0.25, 0.3) is 0 Å². The molecule has 2 bridgehead atoms. The third-order valence-electron chi connectivity index (χ3n) is 5.73. The summed E-state index contributed by atoms with van der Waals surface area (Å²) in [5, 5.41) is 10.9. The Morgan fingerprint density at radius 3 is 2.41 bits per heavy atom. The molecule has 1 aromatic heterocycles. The molecule has 32 heavy (non-hydrogen) atoms. The number of piperidine rings is 2. The molecule has 0 aliphatic carbocycles. The zero-order valence-corrected chi connectivity index (χ0v) is 19.8. The van der Waals surface area contributed by atoms with Crippen molar-refractivity contribution in [1.29, 1.82) is 0 Å². The number of nitrogens with zero attached hydrogens (tertiary/aromatic N) is 5. The highest BCUT2D eigenvalue weighted by Gasteiger charge is 2.48. The van der Waals surface area contributed by atoms with E-state index in [0.29, 0.717) is 37.5 Å². The molecule has 3 fully saturated rings. The molecule has 14 heteroatoms. The summed E-state index contributed by atoms with van der Waals surface area (Å²) in [4.78, 5) is 28.1. The summed E-state index contributed by atoms with van der Waals surface area (Å²) in [5.74, 6) is 0.171. The summed E-state index contributed by atoms with van der Waals surface area (Å²) in [6.07, 6.45) is 2.30. The number of hydroxylamine groups is 2. The van der Waals surface area contributed by atoms with Crippen molar-refractivity contribution in [3.05, 3.63) is 10.0 Å². The molecule has 178 valence electrons. The standard InChI is InChI=1S/C18H27N5O7S2/c1-18(2,3)29-17(25)21-8-6-11(7-9-21)14-19-20-15(31-14)13-5-4-12-10-22(13)16(24)23(12)30-32(26,27)28/h11-13H,4-10H2,1-3H3,(H,26,27,28)/t12-,13-/m1/s1. The highest BCUT2D eigenvalue weighted by atomic mass is 32.3. The Kier molecular flexibility index (Phi) is 6.07. The molecule has 3 amide bonds. The largest absolute Gasteiger partial charge is 0.444 e. The number of hydrogen-bond acceptors (Lipinski definition) is 9. The van der Waals surface area contributed by atoms with Gasteiger partial charge in [-0.3, -0.25) is 4.55 Å². The van der Waals surface area contributed by atoms with Crippen molar-refractivity contribution in [2.24, 2.45) is 0 Å². The van der Waals surface area contributed by atoms with E-state index in [-0.39, 0.29) is 18.1 Å². The van der Waals surface area contributed by atoms with Crippen LogP contribution in [-0.4, -0.2) is 81.4 Å². The molecule has 4 rings (SSSR count). The Morgan fingerprint density at radius 2 is 1.78 bits per heavy atom. The number of ether oxygens (including phenoxy) is 1. The first-order valence-corrected chi connectivity index (χ1v) is 12.7. The van der Waals surface area contributed by atoms with Crippen LogP contribution in [0.1, 0.15) is 68.4 Å². The first-order valence-electron chi connectivity index (χ1n) is 10.5. The van der Waals surface area contributed by atoms with Crippen LogP contribution in [-0.2, 0) is 19.4 Å². The Morgan fingerprint density at radius 1 is 1.12 bits per heavy atom. The maximum atomic E-state index is 12.6. The lowest BCUT2D eigenvalue weighted by Crippen LogP contribution is -2.41. The van der Waals surface area contributed by atoms with E-state index in [1.807, 2.05) is 20.8 Å². The Labute approximate surface area is 190 Å². The van der Waals surface area contributed by atoms with Crippen molar-refractivity contribution in [1.82, 2.24) is 25.1 Å². The number of likely N-dealkylation sites (tertiary alicyclic amines) is 1. The van der Waals surface area contributed by atoms with Gasteiger partial charge >= 0.3 is 22.5 Å². The molecule has 0 radical (unpaired) electrons. The van der Waals surface area contributed by atoms with Crippen LogP contribution in [0, 0.1) is 0 Å². The molecule has 0 spiro atoms. The lowest BCUT2D eigenvalue weighted by Gasteiger charge is -2.32. The van der Waals surface area contributed by atoms with Crippen LogP contribution < -0.4 is 0 Å². The van der Waals surface area contributed by atoms with Crippen LogP contribution in [0.25, 0.3) is 0 Å². The van der Waals surface area contributed by atoms with Crippen LogP contribution in [0.2, 0.25) is 0 Å². The number of carbonyl (C=O) groups is 2. The number of carbonyl (C=O) groups excluding carboxylic acids is 2. The van der Waals surface area contributed by atoms with Gasteiger partial charge in [0.2, 0.25) is 0 Å². The first kappa shape index (κ1) is 23.1. The summed E-state index contributed by atoms with van der Waals surface area (Å²) in [7, 11) is -4.78. The minimum atomic E-state index is -4.78. The molecule has 1 N–H and O–H groups in total. The van der Waals surface area contributed by atoms with Crippen molar-refractivity contribution < 1.29 is 31.6 Å². The van der Waals surface area contributed by atoms with Gasteiger partial charge in [-0.05, 0) is 46.5 Å². The number of hydrogen-bond donors (Lipinski definition) is 1. The number of fused-ring (bicyclic) bond motifs is 2. The quantitative estimate of drug-likeness (QED) is 0.630. The average molecular weight is 490 g/mol. The van der Waals surface area contributed by atoms with E-state index in [1.54, 1.807) is 4.90 Å². The van der Waals surface area contributed by atoms with Crippen molar-refractivity contribution >= 4 is 33.9 Å². The normalized spacial score (nSPS) is 24.9. The van der Waals surface area contributed by atoms with E-state index in [9.17, 15) is 18.0 Å². The highest BCUT2D eigenvalue weighted by Crippen LogP contribution is 2.41. The van der Waals surface area contributed by atoms with Gasteiger partial charge in [-0.2, -0.15) is 13.5 Å². The fourth-order valence-electron chi connectivity index (χ4n) is 4.27. The Hall–Kier alpha value is -2.03. The predicted octanol–water partition coefficient (Wildman–Crippen LogP) is 2.33. The monoisotopic (exact) mass is 489 g/mol. The third kappa shape index (κ3) is 4.97. The molecule has 3 aliphatic rings. The minimum absolute atomic E-state index is 0.171. The average Bonchev–Trinajstić information content (AvgIpc) is 3.27. The minimum Gasteiger partial charge on any atom is -0.444 e. The maximum absolute atomic E-state index is 12.6. The summed E-state index contributed by atoms with van der Waals surface area (Å²) in [5.41, 5.74) is -0.532. The zero-order valence-electron chi connectivity index (χ0n) is 18.1. The Balaban J connectivity index is 1.38. The van der Waals surface area contributed by atoms with Gasteiger partial charge in [-0.1, -0.05) is 11.3 Å².